The highest BCUT2D eigenvalue weighted by Crippen LogP contribution is 2.41. The molecule has 164 valence electrons. The maximum Gasteiger partial charge on any atom is 0.272 e. The van der Waals surface area contributed by atoms with E-state index in [0.717, 1.165) is 0 Å². The van der Waals surface area contributed by atoms with Crippen LogP contribution in [-0.4, -0.2) is 66.2 Å². The van der Waals surface area contributed by atoms with Gasteiger partial charge in [0.1, 0.15) is 18.2 Å². The van der Waals surface area contributed by atoms with Crippen molar-refractivity contribution in [2.24, 2.45) is 0 Å². The summed E-state index contributed by atoms with van der Waals surface area (Å²) in [5.74, 6) is -1.75. The van der Waals surface area contributed by atoms with Crippen molar-refractivity contribution in [3.05, 3.63) is 0 Å². The maximum atomic E-state index is 12.3. The number of carbonyl (C=O) groups is 1. The molecule has 1 amide bonds. The molecule has 2 aliphatic heterocycles. The zero-order valence-corrected chi connectivity index (χ0v) is 20.5. The maximum absolute atomic E-state index is 12.3. The van der Waals surface area contributed by atoms with Gasteiger partial charge in [-0.3, -0.25) is 4.79 Å². The minimum atomic E-state index is -2.32. The van der Waals surface area contributed by atoms with Crippen LogP contribution in [0.3, 0.4) is 0 Å². The Morgan fingerprint density at radius 3 is 2.32 bits per heavy atom. The van der Waals surface area contributed by atoms with Crippen LogP contribution < -0.4 is 5.32 Å². The van der Waals surface area contributed by atoms with E-state index in [1.165, 1.54) is 0 Å². The molecule has 0 aromatic rings. The van der Waals surface area contributed by atoms with Gasteiger partial charge in [-0.25, -0.2) is 0 Å². The van der Waals surface area contributed by atoms with E-state index in [9.17, 15) is 9.90 Å². The third-order valence-corrected chi connectivity index (χ3v) is 10.5. The molecule has 2 aliphatic rings. The Morgan fingerprint density at radius 2 is 1.82 bits per heavy atom. The zero-order valence-electron chi connectivity index (χ0n) is 17.2. The van der Waals surface area contributed by atoms with Gasteiger partial charge in [0.05, 0.1) is 12.7 Å². The van der Waals surface area contributed by atoms with Crippen LogP contribution in [0, 0.1) is 0 Å². The lowest BCUT2D eigenvalue weighted by Crippen LogP contribution is -2.71. The van der Waals surface area contributed by atoms with Crippen LogP contribution in [0.15, 0.2) is 0 Å². The summed E-state index contributed by atoms with van der Waals surface area (Å²) in [4.78, 5) is 12.3. The third-order valence-electron chi connectivity index (χ3n) is 5.47. The number of alkyl halides is 3. The largest absolute Gasteiger partial charge is 0.409 e. The zero-order chi connectivity index (χ0) is 21.7. The average molecular weight is 479 g/mol. The first-order valence-electron chi connectivity index (χ1n) is 9.15. The van der Waals surface area contributed by atoms with Crippen molar-refractivity contribution in [1.82, 2.24) is 5.32 Å². The molecule has 5 atom stereocenters. The summed E-state index contributed by atoms with van der Waals surface area (Å²) in [7, 11) is -2.32. The Hall–Kier alpha value is 0.357. The predicted octanol–water partition coefficient (Wildman–Crippen LogP) is 3.10. The first kappa shape index (κ1) is 24.6. The van der Waals surface area contributed by atoms with Crippen LogP contribution in [-0.2, 0) is 23.4 Å². The first-order valence-corrected chi connectivity index (χ1v) is 13.2. The van der Waals surface area contributed by atoms with E-state index in [4.69, 9.17) is 53.4 Å². The van der Waals surface area contributed by atoms with Crippen LogP contribution in [0.4, 0.5) is 0 Å². The number of amides is 1. The second kappa shape index (κ2) is 8.13. The van der Waals surface area contributed by atoms with Gasteiger partial charge < -0.3 is 29.1 Å². The molecule has 7 nitrogen and oxygen atoms in total. The van der Waals surface area contributed by atoms with Gasteiger partial charge in [-0.15, -0.1) is 0 Å². The van der Waals surface area contributed by atoms with Crippen LogP contribution in [0.2, 0.25) is 18.1 Å². The van der Waals surface area contributed by atoms with Gasteiger partial charge >= 0.3 is 0 Å². The second-order valence-corrected chi connectivity index (χ2v) is 16.2. The number of fused-ring (bicyclic) bond motifs is 1. The molecule has 28 heavy (non-hydrogen) atoms. The molecule has 0 aromatic heterocycles. The number of halogens is 3. The number of hydrogen-bond acceptors (Lipinski definition) is 6. The Kier molecular flexibility index (Phi) is 7.15. The van der Waals surface area contributed by atoms with Crippen molar-refractivity contribution < 1.29 is 28.5 Å². The van der Waals surface area contributed by atoms with E-state index >= 15 is 0 Å². The lowest BCUT2D eigenvalue weighted by molar-refractivity contribution is -0.362. The van der Waals surface area contributed by atoms with E-state index < -0.39 is 54.4 Å². The Balaban J connectivity index is 2.38. The van der Waals surface area contributed by atoms with Crippen molar-refractivity contribution in [1.29, 1.82) is 0 Å². The summed E-state index contributed by atoms with van der Waals surface area (Å²) < 4.78 is 21.8. The number of hydrogen-bond donors (Lipinski definition) is 2. The summed E-state index contributed by atoms with van der Waals surface area (Å²) in [5, 5.41) is 13.0. The fraction of sp³-hybridized carbons (Fsp3) is 0.941. The molecule has 0 saturated carbocycles. The number of aliphatic hydroxyl groups excluding tert-OH is 1. The Bertz CT molecular complexity index is 592. The minimum Gasteiger partial charge on any atom is -0.409 e. The molecule has 2 rings (SSSR count). The lowest BCUT2D eigenvalue weighted by atomic mass is 9.95. The summed E-state index contributed by atoms with van der Waals surface area (Å²) in [5.41, 5.74) is 0. The molecule has 0 aromatic carbocycles. The molecule has 2 fully saturated rings. The normalized spacial score (nSPS) is 33.9. The summed E-state index contributed by atoms with van der Waals surface area (Å²) in [6, 6.07) is -0.979. The smallest absolute Gasteiger partial charge is 0.272 e. The quantitative estimate of drug-likeness (QED) is 0.479. The van der Waals surface area contributed by atoms with Crippen molar-refractivity contribution >= 4 is 49.0 Å². The fourth-order valence-electron chi connectivity index (χ4n) is 2.88. The van der Waals surface area contributed by atoms with Crippen LogP contribution >= 0.6 is 34.8 Å². The van der Waals surface area contributed by atoms with E-state index in [1.807, 2.05) is 0 Å². The molecular formula is C17H30Cl3NO6Si. The van der Waals surface area contributed by atoms with E-state index in [-0.39, 0.29) is 11.6 Å². The van der Waals surface area contributed by atoms with Crippen molar-refractivity contribution in [3.8, 4) is 0 Å². The molecule has 2 saturated heterocycles. The molecule has 0 spiro atoms. The standard InChI is InChI=1S/C17H30Cl3NO6Si/c1-15(2,3)28(6,7)27-12-10(21-14(23)17(18,19)20)13(22)25-9-8-24-16(4,5)26-11(9)12/h9-13,22H,8H2,1-7H3,(H,21,23)/t9-,10-,11-,12-,13?/m1/s1. The van der Waals surface area contributed by atoms with Crippen molar-refractivity contribution in [3.63, 3.8) is 0 Å². The highest BCUT2D eigenvalue weighted by atomic mass is 35.6. The Labute approximate surface area is 182 Å². The van der Waals surface area contributed by atoms with Gasteiger partial charge in [0.15, 0.2) is 20.4 Å². The summed E-state index contributed by atoms with van der Waals surface area (Å²) >= 11 is 17.1. The topological polar surface area (TPSA) is 86.2 Å². The van der Waals surface area contributed by atoms with E-state index in [2.05, 4.69) is 39.2 Å². The van der Waals surface area contributed by atoms with Gasteiger partial charge in [0.25, 0.3) is 9.70 Å². The molecule has 11 heteroatoms. The predicted molar refractivity (Wildman–Crippen MR) is 110 cm³/mol. The van der Waals surface area contributed by atoms with Crippen LogP contribution in [0.25, 0.3) is 0 Å². The molecular weight excluding hydrogens is 449 g/mol. The number of aliphatic hydroxyl groups is 1. The second-order valence-electron chi connectivity index (χ2n) is 9.20. The van der Waals surface area contributed by atoms with Crippen LogP contribution in [0.5, 0.6) is 0 Å². The number of carbonyl (C=O) groups excluding carboxylic acids is 1. The lowest BCUT2D eigenvalue weighted by Gasteiger charge is -2.53. The third kappa shape index (κ3) is 5.53. The number of nitrogens with one attached hydrogen (secondary N) is 1. The minimum absolute atomic E-state index is 0.115. The van der Waals surface area contributed by atoms with Crippen LogP contribution in [0.1, 0.15) is 34.6 Å². The molecule has 1 unspecified atom stereocenters. The highest BCUT2D eigenvalue weighted by Gasteiger charge is 2.55. The van der Waals surface area contributed by atoms with Gasteiger partial charge in [0.2, 0.25) is 0 Å². The number of rotatable bonds is 3. The summed E-state index contributed by atoms with van der Waals surface area (Å²) in [6.07, 6.45) is -3.23. The highest BCUT2D eigenvalue weighted by molar-refractivity contribution is 6.76. The van der Waals surface area contributed by atoms with Gasteiger partial charge in [-0.1, -0.05) is 55.6 Å². The average Bonchev–Trinajstić information content (AvgIpc) is 2.48. The molecule has 0 bridgehead atoms. The Morgan fingerprint density at radius 1 is 1.25 bits per heavy atom. The van der Waals surface area contributed by atoms with E-state index in [1.54, 1.807) is 13.8 Å². The summed E-state index contributed by atoms with van der Waals surface area (Å²) in [6.45, 7) is 14.2. The van der Waals surface area contributed by atoms with Crippen molar-refractivity contribution in [2.75, 3.05) is 6.61 Å². The molecule has 0 aliphatic carbocycles. The monoisotopic (exact) mass is 477 g/mol. The van der Waals surface area contributed by atoms with Gasteiger partial charge in [0, 0.05) is 0 Å². The van der Waals surface area contributed by atoms with E-state index in [0.29, 0.717) is 0 Å². The molecule has 2 heterocycles. The fourth-order valence-corrected chi connectivity index (χ4v) is 4.36. The SMILES string of the molecule is CC1(C)OC[C@H]2OC(O)[C@H](NC(=O)C(Cl)(Cl)Cl)[C@@H](O[Si](C)(C)C(C)(C)C)[C@@H]2O1. The molecule has 2 N–H and O–H groups in total. The first-order chi connectivity index (χ1) is 12.4. The van der Waals surface area contributed by atoms with Gasteiger partial charge in [-0.2, -0.15) is 0 Å². The molecule has 0 radical (unpaired) electrons. The van der Waals surface area contributed by atoms with Crippen molar-refractivity contribution in [2.45, 2.75) is 93.0 Å². The van der Waals surface area contributed by atoms with Gasteiger partial charge in [-0.05, 0) is 32.0 Å². The number of ether oxygens (including phenoxy) is 3.